The van der Waals surface area contributed by atoms with E-state index in [4.69, 9.17) is 19.9 Å². The van der Waals surface area contributed by atoms with Crippen molar-refractivity contribution in [3.8, 4) is 0 Å². The number of hydrogen-bond acceptors (Lipinski definition) is 4. The van der Waals surface area contributed by atoms with Gasteiger partial charge in [0.25, 0.3) is 0 Å². The van der Waals surface area contributed by atoms with Gasteiger partial charge in [0.2, 0.25) is 0 Å². The summed E-state index contributed by atoms with van der Waals surface area (Å²) >= 11 is -1.37. The van der Waals surface area contributed by atoms with Crippen molar-refractivity contribution in [1.82, 2.24) is 0 Å². The quantitative estimate of drug-likeness (QED) is 0.0263. The van der Waals surface area contributed by atoms with Crippen LogP contribution in [0.1, 0.15) is 291 Å². The van der Waals surface area contributed by atoms with E-state index in [1.54, 1.807) is 0 Å². The molecule has 0 aliphatic heterocycles. The van der Waals surface area contributed by atoms with Crippen LogP contribution in [0.25, 0.3) is 0 Å². The van der Waals surface area contributed by atoms with E-state index < -0.39 is 38.3 Å². The third-order valence-corrected chi connectivity index (χ3v) is 46.4. The Morgan fingerprint density at radius 3 is 0.789 bits per heavy atom. The van der Waals surface area contributed by atoms with Crippen molar-refractivity contribution in [2.24, 2.45) is 3.21 Å². The second-order valence-electron chi connectivity index (χ2n) is 18.3. The average molecular weight is 1030 g/mol. The number of nitrogens with zero attached hydrogens (tertiary/aromatic N) is 1. The van der Waals surface area contributed by atoms with Crippen molar-refractivity contribution in [1.29, 1.82) is 0 Å². The van der Waals surface area contributed by atoms with Gasteiger partial charge in [-0.2, -0.15) is 0 Å². The molecule has 0 spiro atoms. The van der Waals surface area contributed by atoms with E-state index >= 15 is 0 Å². The van der Waals surface area contributed by atoms with Gasteiger partial charge < -0.3 is 0 Å². The Morgan fingerprint density at radius 2 is 0.561 bits per heavy atom. The molecule has 0 rings (SSSR count). The molecule has 0 N–H and O–H groups in total. The van der Waals surface area contributed by atoms with Crippen LogP contribution in [-0.4, -0.2) is 50.0 Å². The fourth-order valence-corrected chi connectivity index (χ4v) is 50.6. The first kappa shape index (κ1) is 58.3. The Kier molecular flexibility index (Phi) is 47.9. The van der Waals surface area contributed by atoms with Crippen molar-refractivity contribution >= 4 is 55.6 Å². The van der Waals surface area contributed by atoms with E-state index in [-0.39, 0.29) is 0 Å². The number of isothiocyanates is 1. The Bertz CT molecular complexity index is 790. The Hall–Kier alpha value is 1.32. The van der Waals surface area contributed by atoms with Crippen LogP contribution in [0.4, 0.5) is 0 Å². The summed E-state index contributed by atoms with van der Waals surface area (Å²) in [4.78, 5) is 0. The number of unbranched alkanes of at least 4 members (excludes halogenated alkanes) is 36. The fourth-order valence-electron chi connectivity index (χ4n) is 9.00. The normalized spacial score (nSPS) is 12.1. The molecule has 340 valence electrons. The summed E-state index contributed by atoms with van der Waals surface area (Å²) in [6.45, 7) is 12.3. The van der Waals surface area contributed by atoms with E-state index in [0.29, 0.717) is 0 Å². The summed E-state index contributed by atoms with van der Waals surface area (Å²) in [7, 11) is 0. The van der Waals surface area contributed by atoms with Crippen LogP contribution in [0.15, 0.2) is 3.21 Å². The molecular weight excluding hydrogens is 928 g/mol. The van der Waals surface area contributed by atoms with E-state index in [9.17, 15) is 0 Å². The minimum atomic E-state index is -3.46. The molecule has 0 aliphatic carbocycles. The van der Waals surface area contributed by atoms with E-state index in [1.807, 2.05) is 0 Å². The van der Waals surface area contributed by atoms with Gasteiger partial charge in [-0.15, -0.1) is 0 Å². The molecule has 0 aliphatic rings. The predicted octanol–water partition coefficient (Wildman–Crippen LogP) is 19.7. The minimum absolute atomic E-state index is 0.811. The zero-order chi connectivity index (χ0) is 41.6. The van der Waals surface area contributed by atoms with Crippen LogP contribution in [0, 0.1) is 0 Å². The molecule has 0 saturated carbocycles. The second kappa shape index (κ2) is 46.8. The molecule has 0 radical (unpaired) electrons. The zero-order valence-corrected chi connectivity index (χ0v) is 46.5. The van der Waals surface area contributed by atoms with E-state index in [1.165, 1.54) is 275 Å². The molecule has 6 heteroatoms. The summed E-state index contributed by atoms with van der Waals surface area (Å²) in [5, 5.41) is 3.02. The van der Waals surface area contributed by atoms with Crippen LogP contribution >= 0.6 is 12.2 Å². The molecule has 0 atom stereocenters. The molecule has 0 aromatic rings. The van der Waals surface area contributed by atoms with Gasteiger partial charge in [0.1, 0.15) is 0 Å². The molecule has 0 heterocycles. The van der Waals surface area contributed by atoms with Crippen molar-refractivity contribution < 1.29 is 4.49 Å². The monoisotopic (exact) mass is 1040 g/mol. The topological polar surface area (TPSA) is 30.8 Å². The van der Waals surface area contributed by atoms with Gasteiger partial charge in [-0.05, 0) is 0 Å². The third-order valence-electron chi connectivity index (χ3n) is 12.7. The van der Waals surface area contributed by atoms with Gasteiger partial charge in [-0.1, -0.05) is 0 Å². The second-order valence-corrected chi connectivity index (χ2v) is 40.8. The SMILES string of the molecule is CCCCCCCCCCC[CH2][Sn]([CH2]CCCCCCCCCCC)([N]=C=S)[O][Sn]([CH2]CCCCCCCCCCC)([CH2]CCCCCCCCCCC)[O]CC. The third kappa shape index (κ3) is 38.7. The van der Waals surface area contributed by atoms with Crippen LogP contribution in [-0.2, 0) is 4.49 Å². The van der Waals surface area contributed by atoms with Crippen molar-refractivity contribution in [2.75, 3.05) is 6.61 Å². The first-order chi connectivity index (χ1) is 28.1. The molecular formula is C51H105NO2SSn2. The molecule has 0 bridgehead atoms. The fraction of sp³-hybridized carbons (Fsp3) is 0.980. The Labute approximate surface area is 376 Å². The molecule has 0 saturated heterocycles. The maximum atomic E-state index is 7.94. The standard InChI is InChI=1S/4C12H25.C2H5O.CNS.O.2Sn/c4*1-3-5-7-9-11-12-10-8-6-4-2;1-2-3;2-1-3;;;/h4*1,3-12H2,2H3;2H2,1H3;;;;/q;;;;2*-1;;2*+1. The summed E-state index contributed by atoms with van der Waals surface area (Å²) in [6, 6.07) is 0. The van der Waals surface area contributed by atoms with E-state index in [2.05, 4.69) is 39.8 Å². The first-order valence-electron chi connectivity index (χ1n) is 26.5. The van der Waals surface area contributed by atoms with Crippen molar-refractivity contribution in [3.63, 3.8) is 0 Å². The number of hydrogen-bond donors (Lipinski definition) is 0. The molecule has 0 unspecified atom stereocenters. The van der Waals surface area contributed by atoms with Crippen LogP contribution in [0.5, 0.6) is 0 Å². The van der Waals surface area contributed by atoms with Crippen molar-refractivity contribution in [2.45, 2.75) is 309 Å². The van der Waals surface area contributed by atoms with Gasteiger partial charge >= 0.3 is 379 Å². The number of rotatable bonds is 49. The van der Waals surface area contributed by atoms with Crippen molar-refractivity contribution in [3.05, 3.63) is 0 Å². The predicted molar refractivity (Wildman–Crippen MR) is 266 cm³/mol. The van der Waals surface area contributed by atoms with Gasteiger partial charge in [-0.25, -0.2) is 0 Å². The summed E-state index contributed by atoms with van der Waals surface area (Å²) in [5.41, 5.74) is 0. The van der Waals surface area contributed by atoms with Crippen LogP contribution < -0.4 is 0 Å². The average Bonchev–Trinajstić information content (AvgIpc) is 3.21. The molecule has 0 amide bonds. The van der Waals surface area contributed by atoms with Gasteiger partial charge in [-0.3, -0.25) is 0 Å². The molecule has 0 fully saturated rings. The first-order valence-corrected chi connectivity index (χ1v) is 39.8. The van der Waals surface area contributed by atoms with Crippen LogP contribution in [0.3, 0.4) is 0 Å². The number of thiocarbonyl (C=S) groups is 1. The Morgan fingerprint density at radius 1 is 0.333 bits per heavy atom. The van der Waals surface area contributed by atoms with Gasteiger partial charge in [0.05, 0.1) is 0 Å². The maximum absolute atomic E-state index is 7.94. The molecule has 0 aromatic heterocycles. The van der Waals surface area contributed by atoms with Crippen LogP contribution in [0.2, 0.25) is 17.7 Å². The zero-order valence-electron chi connectivity index (χ0n) is 40.0. The summed E-state index contributed by atoms with van der Waals surface area (Å²) in [5.74, 6) is 0. The molecule has 0 aromatic carbocycles. The molecule has 3 nitrogen and oxygen atoms in total. The van der Waals surface area contributed by atoms with Gasteiger partial charge in [0.15, 0.2) is 0 Å². The van der Waals surface area contributed by atoms with Gasteiger partial charge in [0, 0.05) is 0 Å². The summed E-state index contributed by atoms with van der Waals surface area (Å²) < 4.78 is 25.2. The van der Waals surface area contributed by atoms with E-state index in [0.717, 1.165) is 6.61 Å². The Balaban J connectivity index is 5.67. The summed E-state index contributed by atoms with van der Waals surface area (Å²) in [6.07, 6.45) is 55.3. The molecule has 57 heavy (non-hydrogen) atoms.